The molecule has 4 heterocycles. The van der Waals surface area contributed by atoms with Crippen LogP contribution in [0, 0.1) is 6.92 Å². The molecule has 0 aliphatic carbocycles. The van der Waals surface area contributed by atoms with Crippen LogP contribution in [0.4, 0.5) is 5.95 Å². The summed E-state index contributed by atoms with van der Waals surface area (Å²) in [6.45, 7) is 2.67. The predicted molar refractivity (Wildman–Crippen MR) is 137 cm³/mol. The lowest BCUT2D eigenvalue weighted by atomic mass is 10.0. The maximum Gasteiger partial charge on any atom is 0.231 e. The van der Waals surface area contributed by atoms with E-state index < -0.39 is 0 Å². The number of anilines is 1. The molecule has 1 unspecified atom stereocenters. The number of pyridine rings is 1. The number of para-hydroxylation sites is 1. The van der Waals surface area contributed by atoms with E-state index in [1.54, 1.807) is 0 Å². The van der Waals surface area contributed by atoms with Crippen LogP contribution in [0.5, 0.6) is 11.5 Å². The molecule has 1 atom stereocenters. The molecule has 7 rings (SSSR count). The molecule has 5 aromatic rings. The fourth-order valence-corrected chi connectivity index (χ4v) is 5.08. The first-order valence-electron chi connectivity index (χ1n) is 11.8. The van der Waals surface area contributed by atoms with Crippen molar-refractivity contribution in [3.63, 3.8) is 0 Å². The SMILES string of the molecule is Cc1ccc(-c2cnc(N3Cc4c([nH]c5ccccc5c4=O)C3c3ccc4c(c3)OCO4)nc2)cc1. The van der Waals surface area contributed by atoms with E-state index in [0.29, 0.717) is 29.4 Å². The second kappa shape index (κ2) is 7.95. The van der Waals surface area contributed by atoms with Gasteiger partial charge in [0.2, 0.25) is 12.7 Å². The molecule has 2 aliphatic heterocycles. The van der Waals surface area contributed by atoms with Crippen LogP contribution in [-0.4, -0.2) is 21.7 Å². The van der Waals surface area contributed by atoms with E-state index >= 15 is 0 Å². The number of nitrogens with one attached hydrogen (secondary N) is 1. The first kappa shape index (κ1) is 20.7. The van der Waals surface area contributed by atoms with Gasteiger partial charge in [-0.2, -0.15) is 0 Å². The van der Waals surface area contributed by atoms with Gasteiger partial charge in [-0.05, 0) is 42.3 Å². The van der Waals surface area contributed by atoms with E-state index in [1.165, 1.54) is 5.56 Å². The highest BCUT2D eigenvalue weighted by Crippen LogP contribution is 2.42. The largest absolute Gasteiger partial charge is 0.454 e. The van der Waals surface area contributed by atoms with Gasteiger partial charge in [0.25, 0.3) is 0 Å². The molecule has 36 heavy (non-hydrogen) atoms. The number of rotatable bonds is 3. The summed E-state index contributed by atoms with van der Waals surface area (Å²) < 4.78 is 11.2. The van der Waals surface area contributed by atoms with Crippen LogP contribution in [0.25, 0.3) is 22.0 Å². The van der Waals surface area contributed by atoms with Crippen LogP contribution in [0.15, 0.2) is 83.9 Å². The van der Waals surface area contributed by atoms with Gasteiger partial charge in [-0.3, -0.25) is 4.79 Å². The molecule has 0 radical (unpaired) electrons. The molecule has 0 fully saturated rings. The fourth-order valence-electron chi connectivity index (χ4n) is 5.08. The lowest BCUT2D eigenvalue weighted by Gasteiger charge is -2.25. The number of H-pyrrole nitrogens is 1. The fraction of sp³-hybridized carbons (Fsp3) is 0.138. The molecule has 176 valence electrons. The smallest absolute Gasteiger partial charge is 0.231 e. The molecular weight excluding hydrogens is 452 g/mol. The van der Waals surface area contributed by atoms with Gasteiger partial charge in [-0.1, -0.05) is 48.0 Å². The Morgan fingerprint density at radius 1 is 0.917 bits per heavy atom. The van der Waals surface area contributed by atoms with Gasteiger partial charge in [-0.25, -0.2) is 9.97 Å². The quantitative estimate of drug-likeness (QED) is 0.390. The minimum Gasteiger partial charge on any atom is -0.454 e. The van der Waals surface area contributed by atoms with Gasteiger partial charge in [0, 0.05) is 34.4 Å². The van der Waals surface area contributed by atoms with E-state index in [1.807, 2.05) is 54.9 Å². The van der Waals surface area contributed by atoms with Gasteiger partial charge in [0.15, 0.2) is 16.9 Å². The normalized spacial score (nSPS) is 15.9. The molecule has 0 saturated heterocycles. The van der Waals surface area contributed by atoms with E-state index in [0.717, 1.165) is 33.5 Å². The number of hydrogen-bond acceptors (Lipinski definition) is 6. The Hall–Kier alpha value is -4.65. The lowest BCUT2D eigenvalue weighted by molar-refractivity contribution is 0.174. The van der Waals surface area contributed by atoms with Crippen LogP contribution in [0.2, 0.25) is 0 Å². The number of benzene rings is 3. The highest BCUT2D eigenvalue weighted by molar-refractivity contribution is 5.80. The summed E-state index contributed by atoms with van der Waals surface area (Å²) in [4.78, 5) is 28.6. The van der Waals surface area contributed by atoms with Gasteiger partial charge in [0.1, 0.15) is 0 Å². The molecule has 3 aromatic carbocycles. The monoisotopic (exact) mass is 474 g/mol. The second-order valence-electron chi connectivity index (χ2n) is 9.17. The van der Waals surface area contributed by atoms with Crippen molar-refractivity contribution >= 4 is 16.9 Å². The predicted octanol–water partition coefficient (Wildman–Crippen LogP) is 5.13. The molecule has 7 nitrogen and oxygen atoms in total. The Balaban J connectivity index is 1.36. The third-order valence-electron chi connectivity index (χ3n) is 6.95. The van der Waals surface area contributed by atoms with Crippen molar-refractivity contribution in [1.29, 1.82) is 0 Å². The summed E-state index contributed by atoms with van der Waals surface area (Å²) in [5.41, 5.74) is 6.59. The number of nitrogens with zero attached hydrogens (tertiary/aromatic N) is 3. The van der Waals surface area contributed by atoms with Gasteiger partial charge < -0.3 is 19.4 Å². The molecule has 0 saturated carbocycles. The lowest BCUT2D eigenvalue weighted by Crippen LogP contribution is -2.25. The molecular formula is C29H22N4O3. The third kappa shape index (κ3) is 3.24. The van der Waals surface area contributed by atoms with Crippen LogP contribution in [0.3, 0.4) is 0 Å². The van der Waals surface area contributed by atoms with Crippen LogP contribution < -0.4 is 19.8 Å². The van der Waals surface area contributed by atoms with E-state index in [9.17, 15) is 4.79 Å². The van der Waals surface area contributed by atoms with Crippen LogP contribution in [0.1, 0.15) is 28.4 Å². The topological polar surface area (TPSA) is 80.3 Å². The van der Waals surface area contributed by atoms with Crippen molar-refractivity contribution < 1.29 is 9.47 Å². The molecule has 1 N–H and O–H groups in total. The van der Waals surface area contributed by atoms with Crippen molar-refractivity contribution in [2.45, 2.75) is 19.5 Å². The summed E-state index contributed by atoms with van der Waals surface area (Å²) in [6.07, 6.45) is 3.68. The maximum absolute atomic E-state index is 13.5. The van der Waals surface area contributed by atoms with Crippen molar-refractivity contribution in [3.8, 4) is 22.6 Å². The van der Waals surface area contributed by atoms with Crippen molar-refractivity contribution in [2.75, 3.05) is 11.7 Å². The Labute approximate surface area is 207 Å². The Morgan fingerprint density at radius 2 is 1.69 bits per heavy atom. The summed E-state index contributed by atoms with van der Waals surface area (Å²) >= 11 is 0. The number of aryl methyl sites for hydroxylation is 1. The zero-order valence-corrected chi connectivity index (χ0v) is 19.6. The van der Waals surface area contributed by atoms with Crippen LogP contribution >= 0.6 is 0 Å². The highest BCUT2D eigenvalue weighted by atomic mass is 16.7. The minimum atomic E-state index is -0.281. The number of ether oxygens (including phenoxy) is 2. The standard InChI is InChI=1S/C29H22N4O3/c1-17-6-8-18(9-7-17)20-13-30-29(31-14-20)33-15-22-26(32-23-5-3-2-4-21(23)28(22)34)27(33)19-10-11-24-25(12-19)36-16-35-24/h2-14,27H,15-16H2,1H3,(H,32,34). The van der Waals surface area contributed by atoms with Gasteiger partial charge in [0.05, 0.1) is 18.3 Å². The number of aromatic amines is 1. The van der Waals surface area contributed by atoms with E-state index in [-0.39, 0.29) is 18.3 Å². The van der Waals surface area contributed by atoms with Crippen molar-refractivity contribution in [1.82, 2.24) is 15.0 Å². The van der Waals surface area contributed by atoms with Crippen molar-refractivity contribution in [3.05, 3.63) is 112 Å². The first-order valence-corrected chi connectivity index (χ1v) is 11.8. The van der Waals surface area contributed by atoms with Gasteiger partial charge >= 0.3 is 0 Å². The van der Waals surface area contributed by atoms with E-state index in [2.05, 4.69) is 41.1 Å². The third-order valence-corrected chi connectivity index (χ3v) is 6.95. The Kier molecular flexibility index (Phi) is 4.57. The Morgan fingerprint density at radius 3 is 2.53 bits per heavy atom. The first-order chi connectivity index (χ1) is 17.7. The molecule has 2 aliphatic rings. The molecule has 0 spiro atoms. The molecule has 2 aromatic heterocycles. The average molecular weight is 475 g/mol. The summed E-state index contributed by atoms with van der Waals surface area (Å²) in [7, 11) is 0. The zero-order chi connectivity index (χ0) is 24.2. The number of hydrogen-bond donors (Lipinski definition) is 1. The summed E-state index contributed by atoms with van der Waals surface area (Å²) in [6, 6.07) is 21.5. The Bertz CT molecular complexity index is 1680. The highest BCUT2D eigenvalue weighted by Gasteiger charge is 2.37. The molecule has 0 bridgehead atoms. The number of fused-ring (bicyclic) bond motifs is 3. The molecule has 7 heteroatoms. The van der Waals surface area contributed by atoms with Crippen molar-refractivity contribution in [2.24, 2.45) is 0 Å². The number of aromatic nitrogens is 3. The average Bonchev–Trinajstić information content (AvgIpc) is 3.54. The zero-order valence-electron chi connectivity index (χ0n) is 19.6. The van der Waals surface area contributed by atoms with Gasteiger partial charge in [-0.15, -0.1) is 0 Å². The van der Waals surface area contributed by atoms with Crippen LogP contribution in [-0.2, 0) is 6.54 Å². The molecule has 0 amide bonds. The summed E-state index contributed by atoms with van der Waals surface area (Å²) in [5, 5.41) is 0.679. The minimum absolute atomic E-state index is 0.0314. The maximum atomic E-state index is 13.5. The second-order valence-corrected chi connectivity index (χ2v) is 9.17. The van der Waals surface area contributed by atoms with E-state index in [4.69, 9.17) is 19.4 Å². The summed E-state index contributed by atoms with van der Waals surface area (Å²) in [5.74, 6) is 1.97.